The predicted molar refractivity (Wildman–Crippen MR) is 113 cm³/mol. The fourth-order valence-corrected chi connectivity index (χ4v) is 4.21. The SMILES string of the molecule is CN=C(NCC1CCCN1Cc1ccccc1)NC1CCN(CC(N)=O)CC1. The van der Waals surface area contributed by atoms with E-state index in [1.54, 1.807) is 0 Å². The number of nitrogens with two attached hydrogens (primary N) is 1. The molecule has 0 bridgehead atoms. The Morgan fingerprint density at radius 1 is 1.18 bits per heavy atom. The van der Waals surface area contributed by atoms with Crippen molar-refractivity contribution in [3.8, 4) is 0 Å². The Bertz CT molecular complexity index is 642. The third-order valence-corrected chi connectivity index (χ3v) is 5.76. The van der Waals surface area contributed by atoms with Gasteiger partial charge in [0.25, 0.3) is 0 Å². The highest BCUT2D eigenvalue weighted by Gasteiger charge is 2.25. The summed E-state index contributed by atoms with van der Waals surface area (Å²) < 4.78 is 0. The molecule has 0 saturated carbocycles. The highest BCUT2D eigenvalue weighted by molar-refractivity contribution is 5.80. The van der Waals surface area contributed by atoms with Crippen LogP contribution in [0.15, 0.2) is 35.3 Å². The van der Waals surface area contributed by atoms with Crippen LogP contribution in [0, 0.1) is 0 Å². The first kappa shape index (κ1) is 20.6. The molecule has 2 saturated heterocycles. The van der Waals surface area contributed by atoms with Crippen molar-refractivity contribution in [1.82, 2.24) is 20.4 Å². The van der Waals surface area contributed by atoms with Crippen LogP contribution in [0.25, 0.3) is 0 Å². The lowest BCUT2D eigenvalue weighted by Crippen LogP contribution is -2.51. The van der Waals surface area contributed by atoms with Crippen LogP contribution in [0.2, 0.25) is 0 Å². The van der Waals surface area contributed by atoms with E-state index < -0.39 is 0 Å². The zero-order valence-electron chi connectivity index (χ0n) is 16.9. The molecule has 2 aliphatic rings. The molecule has 2 fully saturated rings. The van der Waals surface area contributed by atoms with Gasteiger partial charge in [-0.15, -0.1) is 0 Å². The summed E-state index contributed by atoms with van der Waals surface area (Å²) in [5, 5.41) is 7.07. The number of aliphatic imine (C=N–C) groups is 1. The normalized spacial score (nSPS) is 22.3. The molecule has 7 nitrogen and oxygen atoms in total. The number of carbonyl (C=O) groups is 1. The second kappa shape index (κ2) is 10.4. The van der Waals surface area contributed by atoms with Gasteiger partial charge in [0.15, 0.2) is 5.96 Å². The van der Waals surface area contributed by atoms with Crippen molar-refractivity contribution in [3.63, 3.8) is 0 Å². The van der Waals surface area contributed by atoms with E-state index in [-0.39, 0.29) is 5.91 Å². The Labute approximate surface area is 168 Å². The zero-order valence-corrected chi connectivity index (χ0v) is 16.9. The average molecular weight is 387 g/mol. The quantitative estimate of drug-likeness (QED) is 0.476. The summed E-state index contributed by atoms with van der Waals surface area (Å²) in [5.74, 6) is 0.625. The number of likely N-dealkylation sites (tertiary alicyclic amines) is 2. The highest BCUT2D eigenvalue weighted by Crippen LogP contribution is 2.19. The second-order valence-electron chi connectivity index (χ2n) is 7.87. The van der Waals surface area contributed by atoms with Gasteiger partial charge in [-0.2, -0.15) is 0 Å². The number of piperidine rings is 1. The number of rotatable bonds is 7. The summed E-state index contributed by atoms with van der Waals surface area (Å²) in [4.78, 5) is 20.2. The lowest BCUT2D eigenvalue weighted by Gasteiger charge is -2.32. The lowest BCUT2D eigenvalue weighted by molar-refractivity contribution is -0.119. The Kier molecular flexibility index (Phi) is 7.68. The average Bonchev–Trinajstić information content (AvgIpc) is 3.14. The van der Waals surface area contributed by atoms with Gasteiger partial charge in [0.1, 0.15) is 0 Å². The monoisotopic (exact) mass is 386 g/mol. The summed E-state index contributed by atoms with van der Waals surface area (Å²) in [6.07, 6.45) is 4.47. The molecule has 1 aromatic carbocycles. The molecule has 1 atom stereocenters. The van der Waals surface area contributed by atoms with Crippen LogP contribution in [-0.4, -0.2) is 73.5 Å². The fourth-order valence-electron chi connectivity index (χ4n) is 4.21. The molecule has 0 spiro atoms. The summed E-state index contributed by atoms with van der Waals surface area (Å²) in [6, 6.07) is 11.6. The maximum Gasteiger partial charge on any atom is 0.231 e. The number of hydrogen-bond donors (Lipinski definition) is 3. The first-order chi connectivity index (χ1) is 13.6. The fraction of sp³-hybridized carbons (Fsp3) is 0.619. The highest BCUT2D eigenvalue weighted by atomic mass is 16.1. The summed E-state index contributed by atoms with van der Waals surface area (Å²) >= 11 is 0. The minimum absolute atomic E-state index is 0.250. The Balaban J connectivity index is 1.42. The number of guanidine groups is 1. The van der Waals surface area contributed by atoms with E-state index in [4.69, 9.17) is 5.73 Å². The summed E-state index contributed by atoms with van der Waals surface area (Å²) in [7, 11) is 1.83. The second-order valence-corrected chi connectivity index (χ2v) is 7.87. The van der Waals surface area contributed by atoms with Crippen LogP contribution in [-0.2, 0) is 11.3 Å². The molecule has 1 aromatic rings. The topological polar surface area (TPSA) is 86.0 Å². The first-order valence-electron chi connectivity index (χ1n) is 10.4. The molecule has 0 radical (unpaired) electrons. The van der Waals surface area contributed by atoms with Gasteiger partial charge in [-0.25, -0.2) is 0 Å². The molecule has 1 unspecified atom stereocenters. The van der Waals surface area contributed by atoms with Gasteiger partial charge in [-0.3, -0.25) is 19.6 Å². The van der Waals surface area contributed by atoms with Crippen LogP contribution in [0.3, 0.4) is 0 Å². The van der Waals surface area contributed by atoms with Crippen molar-refractivity contribution in [1.29, 1.82) is 0 Å². The molecule has 1 amide bonds. The van der Waals surface area contributed by atoms with Gasteiger partial charge in [0, 0.05) is 45.3 Å². The van der Waals surface area contributed by atoms with Gasteiger partial charge in [-0.1, -0.05) is 30.3 Å². The maximum atomic E-state index is 11.1. The van der Waals surface area contributed by atoms with E-state index in [9.17, 15) is 4.79 Å². The number of carbonyl (C=O) groups excluding carboxylic acids is 1. The maximum absolute atomic E-state index is 11.1. The number of hydrogen-bond acceptors (Lipinski definition) is 4. The molecule has 7 heteroatoms. The number of primary amides is 1. The van der Waals surface area contributed by atoms with Crippen molar-refractivity contribution in [3.05, 3.63) is 35.9 Å². The summed E-state index contributed by atoms with van der Waals surface area (Å²) in [5.41, 5.74) is 6.66. The molecule has 0 aromatic heterocycles. The molecule has 3 rings (SSSR count). The smallest absolute Gasteiger partial charge is 0.231 e. The van der Waals surface area contributed by atoms with E-state index in [1.165, 1.54) is 18.4 Å². The number of nitrogens with one attached hydrogen (secondary N) is 2. The lowest BCUT2D eigenvalue weighted by atomic mass is 10.1. The molecule has 2 aliphatic heterocycles. The molecule has 28 heavy (non-hydrogen) atoms. The number of nitrogens with zero attached hydrogens (tertiary/aromatic N) is 3. The number of amides is 1. The van der Waals surface area contributed by atoms with Crippen LogP contribution >= 0.6 is 0 Å². The van der Waals surface area contributed by atoms with Crippen molar-refractivity contribution in [2.24, 2.45) is 10.7 Å². The summed E-state index contributed by atoms with van der Waals surface area (Å²) in [6.45, 7) is 5.23. The van der Waals surface area contributed by atoms with Crippen LogP contribution in [0.5, 0.6) is 0 Å². The molecule has 154 valence electrons. The van der Waals surface area contributed by atoms with Crippen molar-refractivity contribution in [2.45, 2.75) is 44.3 Å². The third kappa shape index (κ3) is 6.21. The Hall–Kier alpha value is -2.12. The van der Waals surface area contributed by atoms with Gasteiger partial charge in [0.05, 0.1) is 6.54 Å². The Morgan fingerprint density at radius 2 is 1.93 bits per heavy atom. The van der Waals surface area contributed by atoms with Crippen molar-refractivity contribution < 1.29 is 4.79 Å². The van der Waals surface area contributed by atoms with Crippen LogP contribution in [0.4, 0.5) is 0 Å². The molecule has 4 N–H and O–H groups in total. The van der Waals surface area contributed by atoms with E-state index in [2.05, 4.69) is 55.8 Å². The predicted octanol–water partition coefficient (Wildman–Crippen LogP) is 0.766. The minimum atomic E-state index is -0.250. The van der Waals surface area contributed by atoms with Crippen molar-refractivity contribution in [2.75, 3.05) is 39.8 Å². The van der Waals surface area contributed by atoms with Crippen LogP contribution < -0.4 is 16.4 Å². The molecular formula is C21H34N6O. The molecular weight excluding hydrogens is 352 g/mol. The largest absolute Gasteiger partial charge is 0.369 e. The van der Waals surface area contributed by atoms with E-state index in [1.807, 2.05) is 7.05 Å². The van der Waals surface area contributed by atoms with E-state index in [0.29, 0.717) is 18.6 Å². The van der Waals surface area contributed by atoms with Gasteiger partial charge < -0.3 is 16.4 Å². The number of benzene rings is 1. The minimum Gasteiger partial charge on any atom is -0.369 e. The van der Waals surface area contributed by atoms with Gasteiger partial charge in [0.2, 0.25) is 5.91 Å². The first-order valence-corrected chi connectivity index (χ1v) is 10.4. The zero-order chi connectivity index (χ0) is 19.8. The Morgan fingerprint density at radius 3 is 2.61 bits per heavy atom. The van der Waals surface area contributed by atoms with Crippen LogP contribution in [0.1, 0.15) is 31.2 Å². The molecule has 2 heterocycles. The van der Waals surface area contributed by atoms with Gasteiger partial charge >= 0.3 is 0 Å². The van der Waals surface area contributed by atoms with E-state index >= 15 is 0 Å². The standard InChI is InChI=1S/C21H34N6O/c1-23-21(25-18-9-12-26(13-10-18)16-20(22)28)24-14-19-8-5-11-27(19)15-17-6-3-2-4-7-17/h2-4,6-7,18-19H,5,8-16H2,1H3,(H2,22,28)(H2,23,24,25). The molecule has 0 aliphatic carbocycles. The van der Waals surface area contributed by atoms with E-state index in [0.717, 1.165) is 51.5 Å². The third-order valence-electron chi connectivity index (χ3n) is 5.76. The van der Waals surface area contributed by atoms with Gasteiger partial charge in [-0.05, 0) is 37.8 Å². The van der Waals surface area contributed by atoms with Crippen molar-refractivity contribution >= 4 is 11.9 Å².